The molecule has 0 fully saturated rings. The van der Waals surface area contributed by atoms with E-state index in [9.17, 15) is 14.7 Å². The molecule has 10 heteroatoms. The Bertz CT molecular complexity index is 1540. The van der Waals surface area contributed by atoms with Crippen LogP contribution in [0.15, 0.2) is 61.9 Å². The highest BCUT2D eigenvalue weighted by molar-refractivity contribution is 9.10. The average molecular weight is 587 g/mol. The number of esters is 1. The first-order valence-electron chi connectivity index (χ1n) is 11.9. The summed E-state index contributed by atoms with van der Waals surface area (Å²) in [6.45, 7) is 8.32. The van der Waals surface area contributed by atoms with Gasteiger partial charge in [0.1, 0.15) is 5.75 Å². The highest BCUT2D eigenvalue weighted by atomic mass is 79.9. The fraction of sp³-hybridized carbons (Fsp3) is 0.296. The van der Waals surface area contributed by atoms with Crippen molar-refractivity contribution in [3.8, 4) is 17.2 Å². The van der Waals surface area contributed by atoms with Crippen LogP contribution >= 0.6 is 27.3 Å². The van der Waals surface area contributed by atoms with E-state index >= 15 is 0 Å². The maximum Gasteiger partial charge on any atom is 0.338 e. The van der Waals surface area contributed by atoms with E-state index in [1.807, 2.05) is 38.1 Å². The zero-order chi connectivity index (χ0) is 26.7. The van der Waals surface area contributed by atoms with Gasteiger partial charge in [-0.2, -0.15) is 0 Å². The first-order chi connectivity index (χ1) is 17.8. The van der Waals surface area contributed by atoms with Crippen molar-refractivity contribution < 1.29 is 24.1 Å². The van der Waals surface area contributed by atoms with Crippen molar-refractivity contribution >= 4 is 39.3 Å². The van der Waals surface area contributed by atoms with Crippen LogP contribution in [0, 0.1) is 0 Å². The van der Waals surface area contributed by atoms with E-state index in [0.717, 1.165) is 5.56 Å². The first kappa shape index (κ1) is 26.7. The van der Waals surface area contributed by atoms with Crippen molar-refractivity contribution in [2.45, 2.75) is 33.7 Å². The molecule has 0 aliphatic carbocycles. The van der Waals surface area contributed by atoms with Crippen molar-refractivity contribution in [3.63, 3.8) is 0 Å². The lowest BCUT2D eigenvalue weighted by molar-refractivity contribution is -0.139. The minimum absolute atomic E-state index is 0.00228. The number of rotatable bonds is 8. The fourth-order valence-corrected chi connectivity index (χ4v) is 5.58. The predicted octanol–water partition coefficient (Wildman–Crippen LogP) is 4.06. The third-order valence-electron chi connectivity index (χ3n) is 5.69. The third-order valence-corrected chi connectivity index (χ3v) is 7.36. The molecular formula is C27H27BrN2O6S. The Kier molecular flexibility index (Phi) is 8.19. The number of phenols is 1. The van der Waals surface area contributed by atoms with E-state index in [0.29, 0.717) is 55.4 Å². The van der Waals surface area contributed by atoms with Gasteiger partial charge in [0.15, 0.2) is 16.3 Å². The number of phenolic OH excluding ortho intramolecular Hbond substituents is 1. The van der Waals surface area contributed by atoms with Gasteiger partial charge in [0.25, 0.3) is 5.56 Å². The highest BCUT2D eigenvalue weighted by Crippen LogP contribution is 2.34. The number of carbonyl (C=O) groups excluding carboxylic acids is 1. The molecule has 37 heavy (non-hydrogen) atoms. The Balaban J connectivity index is 1.92. The molecule has 1 aliphatic heterocycles. The van der Waals surface area contributed by atoms with E-state index < -0.39 is 12.0 Å². The third kappa shape index (κ3) is 5.35. The number of hydrogen-bond acceptors (Lipinski definition) is 8. The number of benzene rings is 2. The maximum absolute atomic E-state index is 13.8. The number of allylic oxidation sites excluding steroid dienone is 1. The lowest BCUT2D eigenvalue weighted by atomic mass is 9.96. The van der Waals surface area contributed by atoms with Gasteiger partial charge < -0.3 is 19.3 Å². The summed E-state index contributed by atoms with van der Waals surface area (Å²) < 4.78 is 19.0. The van der Waals surface area contributed by atoms with Crippen molar-refractivity contribution in [2.24, 2.45) is 4.99 Å². The smallest absolute Gasteiger partial charge is 0.338 e. The largest absolute Gasteiger partial charge is 0.504 e. The molecule has 0 saturated heterocycles. The standard InChI is InChI=1S/C27H27BrN2O6S/c1-5-34-18-10-8-16(9-11-18)24-23(26(33)36-7-3)15(4)29-27-30(24)25(32)22(37-27)13-17-12-21(35-6-2)20(31)14-19(17)28/h8-14,24,31H,5-7H2,1-4H3/b22-13+/t24-/m0/s1. The molecule has 0 amide bonds. The molecule has 0 spiro atoms. The number of aromatic hydroxyl groups is 1. The Labute approximate surface area is 226 Å². The monoisotopic (exact) mass is 586 g/mol. The van der Waals surface area contributed by atoms with Crippen LogP contribution in [0.3, 0.4) is 0 Å². The molecule has 194 valence electrons. The second kappa shape index (κ2) is 11.4. The minimum Gasteiger partial charge on any atom is -0.504 e. The summed E-state index contributed by atoms with van der Waals surface area (Å²) in [5, 5.41) is 10.2. The van der Waals surface area contributed by atoms with Gasteiger partial charge in [-0.3, -0.25) is 9.36 Å². The molecule has 2 heterocycles. The van der Waals surface area contributed by atoms with Gasteiger partial charge in [-0.15, -0.1) is 0 Å². The van der Waals surface area contributed by atoms with E-state index in [2.05, 4.69) is 20.9 Å². The number of halogens is 1. The molecule has 3 aromatic rings. The molecular weight excluding hydrogens is 560 g/mol. The quantitative estimate of drug-likeness (QED) is 0.399. The summed E-state index contributed by atoms with van der Waals surface area (Å²) in [6, 6.07) is 9.80. The molecule has 0 unspecified atom stereocenters. The van der Waals surface area contributed by atoms with Crippen LogP contribution in [0.1, 0.15) is 44.9 Å². The van der Waals surface area contributed by atoms with Gasteiger partial charge in [-0.25, -0.2) is 9.79 Å². The zero-order valence-electron chi connectivity index (χ0n) is 20.9. The van der Waals surface area contributed by atoms with E-state index in [1.165, 1.54) is 22.0 Å². The van der Waals surface area contributed by atoms with Gasteiger partial charge in [0.05, 0.1) is 41.7 Å². The zero-order valence-corrected chi connectivity index (χ0v) is 23.3. The Morgan fingerprint density at radius 3 is 2.49 bits per heavy atom. The number of aromatic nitrogens is 1. The van der Waals surface area contributed by atoms with E-state index in [4.69, 9.17) is 14.2 Å². The van der Waals surface area contributed by atoms with Gasteiger partial charge >= 0.3 is 5.97 Å². The average Bonchev–Trinajstić information content (AvgIpc) is 3.16. The Morgan fingerprint density at radius 2 is 1.84 bits per heavy atom. The summed E-state index contributed by atoms with van der Waals surface area (Å²) >= 11 is 4.68. The van der Waals surface area contributed by atoms with Gasteiger partial charge in [0.2, 0.25) is 0 Å². The maximum atomic E-state index is 13.8. The topological polar surface area (TPSA) is 99.4 Å². The number of carbonyl (C=O) groups is 1. The molecule has 1 aromatic heterocycles. The molecule has 8 nitrogen and oxygen atoms in total. The van der Waals surface area contributed by atoms with E-state index in [-0.39, 0.29) is 17.9 Å². The number of thiazole rings is 1. The molecule has 4 rings (SSSR count). The van der Waals surface area contributed by atoms with Gasteiger partial charge in [0, 0.05) is 4.47 Å². The van der Waals surface area contributed by atoms with Gasteiger partial charge in [-0.1, -0.05) is 39.4 Å². The number of nitrogens with zero attached hydrogens (tertiary/aromatic N) is 2. The van der Waals surface area contributed by atoms with Crippen LogP contribution in [-0.2, 0) is 9.53 Å². The summed E-state index contributed by atoms with van der Waals surface area (Å²) in [5.74, 6) is 0.494. The lowest BCUT2D eigenvalue weighted by Crippen LogP contribution is -2.39. The SMILES string of the molecule is CCOC(=O)C1=C(C)N=c2s/c(=C/c3cc(OCC)c(O)cc3Br)c(=O)n2[C@H]1c1ccc(OCC)cc1. The van der Waals surface area contributed by atoms with Crippen LogP contribution in [0.2, 0.25) is 0 Å². The molecule has 1 N–H and O–H groups in total. The minimum atomic E-state index is -0.713. The summed E-state index contributed by atoms with van der Waals surface area (Å²) in [5.41, 5.74) is 1.90. The van der Waals surface area contributed by atoms with Crippen LogP contribution < -0.4 is 24.4 Å². The second-order valence-electron chi connectivity index (χ2n) is 8.08. The van der Waals surface area contributed by atoms with Crippen LogP contribution in [-0.4, -0.2) is 35.5 Å². The van der Waals surface area contributed by atoms with Crippen molar-refractivity contribution in [3.05, 3.63) is 83.0 Å². The number of ether oxygens (including phenoxy) is 3. The molecule has 0 bridgehead atoms. The fourth-order valence-electron chi connectivity index (χ4n) is 4.10. The van der Waals surface area contributed by atoms with Crippen molar-refractivity contribution in [2.75, 3.05) is 19.8 Å². The number of hydrogen-bond donors (Lipinski definition) is 1. The second-order valence-corrected chi connectivity index (χ2v) is 9.94. The molecule has 0 radical (unpaired) electrons. The molecule has 1 atom stereocenters. The summed E-state index contributed by atoms with van der Waals surface area (Å²) in [6.07, 6.45) is 1.72. The molecule has 2 aromatic carbocycles. The summed E-state index contributed by atoms with van der Waals surface area (Å²) in [7, 11) is 0. The van der Waals surface area contributed by atoms with Crippen LogP contribution in [0.5, 0.6) is 17.2 Å². The predicted molar refractivity (Wildman–Crippen MR) is 145 cm³/mol. The first-order valence-corrected chi connectivity index (χ1v) is 13.5. The Hall–Kier alpha value is -3.37. The Morgan fingerprint density at radius 1 is 1.14 bits per heavy atom. The lowest BCUT2D eigenvalue weighted by Gasteiger charge is -2.24. The normalized spacial score (nSPS) is 15.3. The van der Waals surface area contributed by atoms with E-state index in [1.54, 1.807) is 26.0 Å². The van der Waals surface area contributed by atoms with Crippen LogP contribution in [0.25, 0.3) is 6.08 Å². The number of fused-ring (bicyclic) bond motifs is 1. The van der Waals surface area contributed by atoms with Crippen molar-refractivity contribution in [1.29, 1.82) is 0 Å². The highest BCUT2D eigenvalue weighted by Gasteiger charge is 2.33. The van der Waals surface area contributed by atoms with Crippen molar-refractivity contribution in [1.82, 2.24) is 4.57 Å². The molecule has 0 saturated carbocycles. The molecule has 1 aliphatic rings. The van der Waals surface area contributed by atoms with Crippen LogP contribution in [0.4, 0.5) is 0 Å². The van der Waals surface area contributed by atoms with Gasteiger partial charge in [-0.05, 0) is 69.2 Å². The summed E-state index contributed by atoms with van der Waals surface area (Å²) in [4.78, 5) is 31.9.